The fraction of sp³-hybridized carbons (Fsp3) is 0.235. The van der Waals surface area contributed by atoms with Crippen molar-refractivity contribution in [1.29, 1.82) is 0 Å². The molecule has 1 aromatic carbocycles. The molecule has 0 spiro atoms. The number of anilines is 1. The van der Waals surface area contributed by atoms with E-state index in [-0.39, 0.29) is 5.63 Å². The highest BCUT2D eigenvalue weighted by molar-refractivity contribution is 5.79. The molecule has 1 aliphatic heterocycles. The van der Waals surface area contributed by atoms with Crippen molar-refractivity contribution in [2.45, 2.75) is 6.92 Å². The van der Waals surface area contributed by atoms with Gasteiger partial charge in [-0.2, -0.15) is 0 Å². The van der Waals surface area contributed by atoms with Crippen LogP contribution in [0, 0.1) is 6.92 Å². The van der Waals surface area contributed by atoms with Crippen molar-refractivity contribution >= 4 is 11.3 Å². The maximum Gasteiger partial charge on any atom is 0.345 e. The number of fused-ring (bicyclic) bond motifs is 1. The molecule has 3 rings (SSSR count). The predicted octanol–water partition coefficient (Wildman–Crippen LogP) is 2.86. The lowest BCUT2D eigenvalue weighted by Crippen LogP contribution is -2.27. The van der Waals surface area contributed by atoms with Gasteiger partial charge in [0.05, 0.1) is 11.3 Å². The summed E-state index contributed by atoms with van der Waals surface area (Å²) in [4.78, 5) is 14.2. The Kier molecular flexibility index (Phi) is 3.52. The fourth-order valence-corrected chi connectivity index (χ4v) is 2.45. The zero-order valence-corrected chi connectivity index (χ0v) is 12.1. The fourth-order valence-electron chi connectivity index (χ4n) is 2.45. The first kappa shape index (κ1) is 13.5. The summed E-state index contributed by atoms with van der Waals surface area (Å²) in [7, 11) is 1.96. The van der Waals surface area contributed by atoms with Gasteiger partial charge in [0, 0.05) is 25.2 Å². The Balaban J connectivity index is 1.90. The van der Waals surface area contributed by atoms with Gasteiger partial charge in [-0.25, -0.2) is 4.79 Å². The van der Waals surface area contributed by atoms with Gasteiger partial charge in [0.1, 0.15) is 18.1 Å². The van der Waals surface area contributed by atoms with E-state index in [0.717, 1.165) is 23.6 Å². The first-order valence-electron chi connectivity index (χ1n) is 6.88. The summed E-state index contributed by atoms with van der Waals surface area (Å²) in [5, 5.41) is 0. The van der Waals surface area contributed by atoms with Gasteiger partial charge >= 0.3 is 5.63 Å². The van der Waals surface area contributed by atoms with Gasteiger partial charge in [0.2, 0.25) is 0 Å². The third-order valence-electron chi connectivity index (χ3n) is 3.54. The molecule has 0 saturated carbocycles. The molecule has 1 aromatic heterocycles. The largest absolute Gasteiger partial charge is 0.489 e. The van der Waals surface area contributed by atoms with Crippen LogP contribution in [-0.2, 0) is 0 Å². The van der Waals surface area contributed by atoms with Crippen molar-refractivity contribution in [2.75, 3.05) is 25.1 Å². The second kappa shape index (κ2) is 5.48. The molecular weight excluding hydrogens is 266 g/mol. The van der Waals surface area contributed by atoms with Crippen molar-refractivity contribution < 1.29 is 9.15 Å². The van der Waals surface area contributed by atoms with Crippen LogP contribution in [-0.4, -0.2) is 20.2 Å². The van der Waals surface area contributed by atoms with E-state index < -0.39 is 0 Å². The highest BCUT2D eigenvalue weighted by Crippen LogP contribution is 2.29. The molecule has 0 bridgehead atoms. The van der Waals surface area contributed by atoms with Crippen molar-refractivity contribution in [3.05, 3.63) is 64.2 Å². The number of hydrogen-bond donors (Lipinski definition) is 0. The third-order valence-corrected chi connectivity index (χ3v) is 3.54. The van der Waals surface area contributed by atoms with Crippen LogP contribution in [0.5, 0.6) is 5.75 Å². The second-order valence-electron chi connectivity index (χ2n) is 5.12. The Morgan fingerprint density at radius 2 is 2.05 bits per heavy atom. The number of benzene rings is 1. The number of para-hydroxylation sites is 1. The molecule has 0 saturated heterocycles. The molecule has 4 heteroatoms. The molecule has 0 N–H and O–H groups in total. The van der Waals surface area contributed by atoms with E-state index in [1.54, 1.807) is 6.92 Å². The molecule has 0 unspecified atom stereocenters. The molecule has 0 atom stereocenters. The number of hydrogen-bond acceptors (Lipinski definition) is 4. The lowest BCUT2D eigenvalue weighted by molar-refractivity contribution is 0.368. The summed E-state index contributed by atoms with van der Waals surface area (Å²) < 4.78 is 11.0. The van der Waals surface area contributed by atoms with E-state index >= 15 is 0 Å². The Morgan fingerprint density at radius 1 is 1.29 bits per heavy atom. The van der Waals surface area contributed by atoms with E-state index in [4.69, 9.17) is 9.15 Å². The average molecular weight is 283 g/mol. The summed E-state index contributed by atoms with van der Waals surface area (Å²) in [6.45, 7) is 2.90. The Labute approximate surface area is 123 Å². The Morgan fingerprint density at radius 3 is 2.81 bits per heavy atom. The molecule has 0 fully saturated rings. The Hall–Kier alpha value is -2.49. The van der Waals surface area contributed by atoms with Gasteiger partial charge in [-0.05, 0) is 19.1 Å². The minimum atomic E-state index is -0.306. The molecule has 0 aliphatic carbocycles. The normalized spacial score (nSPS) is 13.6. The third kappa shape index (κ3) is 2.70. The van der Waals surface area contributed by atoms with E-state index in [9.17, 15) is 4.79 Å². The summed E-state index contributed by atoms with van der Waals surface area (Å²) >= 11 is 0. The van der Waals surface area contributed by atoms with Crippen LogP contribution in [0.25, 0.3) is 5.57 Å². The maximum absolute atomic E-state index is 12.2. The van der Waals surface area contributed by atoms with Crippen LogP contribution < -0.4 is 15.3 Å². The zero-order chi connectivity index (χ0) is 14.8. The number of aryl methyl sites for hydroxylation is 1. The van der Waals surface area contributed by atoms with Crippen LogP contribution in [0.3, 0.4) is 0 Å². The molecule has 1 aliphatic rings. The standard InChI is InChI=1S/C17H17NO3/c1-12-10-15-16(17(19)21-12)13(8-9-18(15)2)11-20-14-6-4-3-5-7-14/h3-8,10H,9,11H2,1-2H3. The Bertz CT molecular complexity index is 731. The monoisotopic (exact) mass is 283 g/mol. The van der Waals surface area contributed by atoms with Gasteiger partial charge in [0.25, 0.3) is 0 Å². The molecule has 21 heavy (non-hydrogen) atoms. The van der Waals surface area contributed by atoms with Crippen molar-refractivity contribution in [3.63, 3.8) is 0 Å². The van der Waals surface area contributed by atoms with Crippen molar-refractivity contribution in [2.24, 2.45) is 0 Å². The van der Waals surface area contributed by atoms with Crippen LogP contribution >= 0.6 is 0 Å². The lowest BCUT2D eigenvalue weighted by Gasteiger charge is -2.26. The van der Waals surface area contributed by atoms with Gasteiger partial charge in [0.15, 0.2) is 0 Å². The van der Waals surface area contributed by atoms with Gasteiger partial charge in [-0.1, -0.05) is 24.3 Å². The van der Waals surface area contributed by atoms with Crippen molar-refractivity contribution in [1.82, 2.24) is 0 Å². The summed E-state index contributed by atoms with van der Waals surface area (Å²) in [6, 6.07) is 11.5. The lowest BCUT2D eigenvalue weighted by atomic mass is 10.0. The molecule has 0 amide bonds. The molecular formula is C17H17NO3. The molecule has 4 nitrogen and oxygen atoms in total. The number of likely N-dealkylation sites (N-methyl/N-ethyl adjacent to an activating group) is 1. The smallest absolute Gasteiger partial charge is 0.345 e. The molecule has 2 aromatic rings. The average Bonchev–Trinajstić information content (AvgIpc) is 2.48. The maximum atomic E-state index is 12.2. The zero-order valence-electron chi connectivity index (χ0n) is 12.1. The van der Waals surface area contributed by atoms with E-state index in [0.29, 0.717) is 17.9 Å². The van der Waals surface area contributed by atoms with E-state index in [1.165, 1.54) is 0 Å². The van der Waals surface area contributed by atoms with Crippen LogP contribution in [0.4, 0.5) is 5.69 Å². The predicted molar refractivity (Wildman–Crippen MR) is 82.9 cm³/mol. The van der Waals surface area contributed by atoms with Gasteiger partial charge in [-0.3, -0.25) is 0 Å². The van der Waals surface area contributed by atoms with E-state index in [2.05, 4.69) is 0 Å². The summed E-state index contributed by atoms with van der Waals surface area (Å²) in [6.07, 6.45) is 2.01. The number of nitrogens with zero attached hydrogens (tertiary/aromatic N) is 1. The first-order valence-corrected chi connectivity index (χ1v) is 6.88. The van der Waals surface area contributed by atoms with Crippen molar-refractivity contribution in [3.8, 4) is 5.75 Å². The van der Waals surface area contributed by atoms with Crippen LogP contribution in [0.2, 0.25) is 0 Å². The molecule has 108 valence electrons. The minimum absolute atomic E-state index is 0.306. The van der Waals surface area contributed by atoms with Crippen LogP contribution in [0.15, 0.2) is 51.7 Å². The minimum Gasteiger partial charge on any atom is -0.489 e. The quantitative estimate of drug-likeness (QED) is 0.868. The first-order chi connectivity index (χ1) is 10.1. The molecule has 2 heterocycles. The van der Waals surface area contributed by atoms with Gasteiger partial charge in [-0.15, -0.1) is 0 Å². The SMILES string of the molecule is Cc1cc2c(c(=O)o1)C(COc1ccccc1)=CCN2C. The number of rotatable bonds is 3. The summed E-state index contributed by atoms with van der Waals surface area (Å²) in [5.74, 6) is 1.41. The highest BCUT2D eigenvalue weighted by Gasteiger charge is 2.21. The summed E-state index contributed by atoms with van der Waals surface area (Å²) in [5.41, 5.74) is 2.07. The topological polar surface area (TPSA) is 42.7 Å². The second-order valence-corrected chi connectivity index (χ2v) is 5.12. The van der Waals surface area contributed by atoms with E-state index in [1.807, 2.05) is 54.4 Å². The molecule has 0 radical (unpaired) electrons. The van der Waals surface area contributed by atoms with Crippen LogP contribution in [0.1, 0.15) is 11.3 Å². The highest BCUT2D eigenvalue weighted by atomic mass is 16.5. The number of ether oxygens (including phenoxy) is 1. The van der Waals surface area contributed by atoms with Gasteiger partial charge < -0.3 is 14.1 Å².